The molecule has 0 amide bonds. The number of imidazole rings is 1. The predicted octanol–water partition coefficient (Wildman–Crippen LogP) is 2.44. The van der Waals surface area contributed by atoms with Crippen molar-refractivity contribution in [2.75, 3.05) is 0 Å². The minimum absolute atomic E-state index is 0.261. The van der Waals surface area contributed by atoms with Gasteiger partial charge in [-0.3, -0.25) is 0 Å². The normalized spacial score (nSPS) is 23.9. The average molecular weight is 244 g/mol. The molecule has 0 spiro atoms. The van der Waals surface area contributed by atoms with Crippen molar-refractivity contribution in [2.45, 2.75) is 51.1 Å². The summed E-state index contributed by atoms with van der Waals surface area (Å²) in [5, 5.41) is 0. The summed E-state index contributed by atoms with van der Waals surface area (Å²) in [6.07, 6.45) is 6.43. The molecular formula is C14H20N4. The maximum atomic E-state index is 6.22. The van der Waals surface area contributed by atoms with Crippen molar-refractivity contribution in [1.29, 1.82) is 0 Å². The SMILES string of the molecule is CCCn1c(C2CCCC2N)nc2cccnc21. The first kappa shape index (κ1) is 11.7. The first-order chi connectivity index (χ1) is 8.81. The maximum Gasteiger partial charge on any atom is 0.159 e. The molecule has 2 unspecified atom stereocenters. The minimum Gasteiger partial charge on any atom is -0.327 e. The van der Waals surface area contributed by atoms with Crippen LogP contribution in [0.25, 0.3) is 11.2 Å². The monoisotopic (exact) mass is 244 g/mol. The molecule has 2 heterocycles. The van der Waals surface area contributed by atoms with Gasteiger partial charge in [-0.05, 0) is 31.4 Å². The highest BCUT2D eigenvalue weighted by molar-refractivity contribution is 5.71. The minimum atomic E-state index is 0.261. The topological polar surface area (TPSA) is 56.7 Å². The number of aromatic nitrogens is 3. The molecule has 0 aliphatic heterocycles. The Morgan fingerprint density at radius 2 is 2.33 bits per heavy atom. The molecule has 2 N–H and O–H groups in total. The van der Waals surface area contributed by atoms with Gasteiger partial charge in [0.1, 0.15) is 11.3 Å². The molecule has 96 valence electrons. The summed E-state index contributed by atoms with van der Waals surface area (Å²) in [5.74, 6) is 1.56. The molecule has 2 aromatic rings. The van der Waals surface area contributed by atoms with Crippen molar-refractivity contribution in [3.8, 4) is 0 Å². The van der Waals surface area contributed by atoms with Gasteiger partial charge in [0.25, 0.3) is 0 Å². The summed E-state index contributed by atoms with van der Waals surface area (Å²) < 4.78 is 2.27. The van der Waals surface area contributed by atoms with E-state index in [2.05, 4.69) is 16.5 Å². The Kier molecular flexibility index (Phi) is 3.04. The summed E-state index contributed by atoms with van der Waals surface area (Å²) in [5.41, 5.74) is 8.23. The van der Waals surface area contributed by atoms with Crippen LogP contribution in [0.5, 0.6) is 0 Å². The smallest absolute Gasteiger partial charge is 0.159 e. The van der Waals surface area contributed by atoms with Gasteiger partial charge in [0, 0.05) is 24.7 Å². The Morgan fingerprint density at radius 3 is 3.06 bits per heavy atom. The third-order valence-corrected chi connectivity index (χ3v) is 3.88. The average Bonchev–Trinajstić information content (AvgIpc) is 2.94. The van der Waals surface area contributed by atoms with Crippen LogP contribution >= 0.6 is 0 Å². The molecule has 1 aliphatic rings. The fraction of sp³-hybridized carbons (Fsp3) is 0.571. The van der Waals surface area contributed by atoms with E-state index in [1.165, 1.54) is 6.42 Å². The van der Waals surface area contributed by atoms with Gasteiger partial charge in [0.05, 0.1) is 0 Å². The molecule has 1 saturated carbocycles. The quantitative estimate of drug-likeness (QED) is 0.902. The van der Waals surface area contributed by atoms with E-state index >= 15 is 0 Å². The molecule has 1 aliphatic carbocycles. The lowest BCUT2D eigenvalue weighted by Gasteiger charge is -2.16. The summed E-state index contributed by atoms with van der Waals surface area (Å²) in [4.78, 5) is 9.26. The highest BCUT2D eigenvalue weighted by Gasteiger charge is 2.30. The van der Waals surface area contributed by atoms with Crippen LogP contribution in [0.15, 0.2) is 18.3 Å². The van der Waals surface area contributed by atoms with Crippen LogP contribution in [-0.4, -0.2) is 20.6 Å². The van der Waals surface area contributed by atoms with Crippen molar-refractivity contribution < 1.29 is 0 Å². The molecule has 2 aromatic heterocycles. The molecule has 0 bridgehead atoms. The lowest BCUT2D eigenvalue weighted by molar-refractivity contribution is 0.537. The second-order valence-corrected chi connectivity index (χ2v) is 5.17. The number of nitrogens with two attached hydrogens (primary N) is 1. The van der Waals surface area contributed by atoms with Crippen LogP contribution in [0.4, 0.5) is 0 Å². The zero-order valence-corrected chi connectivity index (χ0v) is 10.8. The van der Waals surface area contributed by atoms with Crippen LogP contribution in [0.2, 0.25) is 0 Å². The molecule has 18 heavy (non-hydrogen) atoms. The Bertz CT molecular complexity index is 546. The van der Waals surface area contributed by atoms with Crippen molar-refractivity contribution in [1.82, 2.24) is 14.5 Å². The number of pyridine rings is 1. The number of nitrogens with zero attached hydrogens (tertiary/aromatic N) is 3. The van der Waals surface area contributed by atoms with E-state index in [0.717, 1.165) is 42.8 Å². The fourth-order valence-corrected chi connectivity index (χ4v) is 3.01. The van der Waals surface area contributed by atoms with E-state index in [-0.39, 0.29) is 6.04 Å². The van der Waals surface area contributed by atoms with E-state index in [0.29, 0.717) is 5.92 Å². The van der Waals surface area contributed by atoms with E-state index in [1.54, 1.807) is 0 Å². The van der Waals surface area contributed by atoms with Gasteiger partial charge in [-0.2, -0.15) is 0 Å². The van der Waals surface area contributed by atoms with Gasteiger partial charge >= 0.3 is 0 Å². The highest BCUT2D eigenvalue weighted by Crippen LogP contribution is 2.34. The second kappa shape index (κ2) is 4.69. The zero-order valence-electron chi connectivity index (χ0n) is 10.8. The molecular weight excluding hydrogens is 224 g/mol. The van der Waals surface area contributed by atoms with Crippen molar-refractivity contribution in [3.63, 3.8) is 0 Å². The summed E-state index contributed by atoms with van der Waals surface area (Å²) in [7, 11) is 0. The molecule has 0 radical (unpaired) electrons. The first-order valence-corrected chi connectivity index (χ1v) is 6.88. The van der Waals surface area contributed by atoms with Crippen LogP contribution in [-0.2, 0) is 6.54 Å². The number of hydrogen-bond donors (Lipinski definition) is 1. The molecule has 1 fully saturated rings. The number of aryl methyl sites for hydroxylation is 1. The number of rotatable bonds is 3. The summed E-state index contributed by atoms with van der Waals surface area (Å²) >= 11 is 0. The molecule has 0 aromatic carbocycles. The Labute approximate surface area is 107 Å². The maximum absolute atomic E-state index is 6.22. The van der Waals surface area contributed by atoms with Gasteiger partial charge in [-0.25, -0.2) is 9.97 Å². The Balaban J connectivity index is 2.12. The van der Waals surface area contributed by atoms with Gasteiger partial charge in [-0.15, -0.1) is 0 Å². The molecule has 4 heteroatoms. The van der Waals surface area contributed by atoms with Crippen LogP contribution in [0.3, 0.4) is 0 Å². The number of hydrogen-bond acceptors (Lipinski definition) is 3. The van der Waals surface area contributed by atoms with Gasteiger partial charge in [0.15, 0.2) is 5.65 Å². The molecule has 3 rings (SSSR count). The van der Waals surface area contributed by atoms with Gasteiger partial charge < -0.3 is 10.3 Å². The molecule has 0 saturated heterocycles. The predicted molar refractivity (Wildman–Crippen MR) is 72.4 cm³/mol. The van der Waals surface area contributed by atoms with Crippen molar-refractivity contribution in [3.05, 3.63) is 24.2 Å². The first-order valence-electron chi connectivity index (χ1n) is 6.88. The standard InChI is InChI=1S/C14H20N4/c1-2-9-18-13(10-5-3-6-11(10)15)17-12-7-4-8-16-14(12)18/h4,7-8,10-11H,2-3,5-6,9,15H2,1H3. The lowest BCUT2D eigenvalue weighted by Crippen LogP contribution is -2.25. The van der Waals surface area contributed by atoms with Crippen LogP contribution in [0.1, 0.15) is 44.3 Å². The van der Waals surface area contributed by atoms with E-state index in [9.17, 15) is 0 Å². The van der Waals surface area contributed by atoms with E-state index in [1.807, 2.05) is 18.3 Å². The third-order valence-electron chi connectivity index (χ3n) is 3.88. The highest BCUT2D eigenvalue weighted by atomic mass is 15.1. The summed E-state index contributed by atoms with van der Waals surface area (Å²) in [6, 6.07) is 4.25. The Hall–Kier alpha value is -1.42. The number of fused-ring (bicyclic) bond motifs is 1. The van der Waals surface area contributed by atoms with Gasteiger partial charge in [-0.1, -0.05) is 13.3 Å². The molecule has 2 atom stereocenters. The van der Waals surface area contributed by atoms with Gasteiger partial charge in [0.2, 0.25) is 0 Å². The second-order valence-electron chi connectivity index (χ2n) is 5.17. The van der Waals surface area contributed by atoms with Crippen molar-refractivity contribution >= 4 is 11.2 Å². The third kappa shape index (κ3) is 1.81. The van der Waals surface area contributed by atoms with Crippen LogP contribution in [0, 0.1) is 0 Å². The Morgan fingerprint density at radius 1 is 1.44 bits per heavy atom. The summed E-state index contributed by atoms with van der Waals surface area (Å²) in [6.45, 7) is 3.17. The largest absolute Gasteiger partial charge is 0.327 e. The molecule has 4 nitrogen and oxygen atoms in total. The fourth-order valence-electron chi connectivity index (χ4n) is 3.01. The zero-order chi connectivity index (χ0) is 12.5. The van der Waals surface area contributed by atoms with E-state index in [4.69, 9.17) is 10.7 Å². The van der Waals surface area contributed by atoms with Crippen molar-refractivity contribution in [2.24, 2.45) is 5.73 Å². The van der Waals surface area contributed by atoms with Crippen LogP contribution < -0.4 is 5.73 Å². The van der Waals surface area contributed by atoms with E-state index < -0.39 is 0 Å². The lowest BCUT2D eigenvalue weighted by atomic mass is 10.0.